The lowest BCUT2D eigenvalue weighted by Gasteiger charge is -2.23. The summed E-state index contributed by atoms with van der Waals surface area (Å²) in [5, 5.41) is 35.5. The summed E-state index contributed by atoms with van der Waals surface area (Å²) in [5.74, 6) is -0.420. The molecule has 0 amide bonds. The molecule has 0 spiro atoms. The Morgan fingerprint density at radius 1 is 1.07 bits per heavy atom. The van der Waals surface area contributed by atoms with Crippen LogP contribution < -0.4 is 10.6 Å². The Kier molecular flexibility index (Phi) is 7.32. The second kappa shape index (κ2) is 11.9. The monoisotopic (exact) mass is 577 g/mol. The van der Waals surface area contributed by atoms with Gasteiger partial charge in [-0.05, 0) is 54.7 Å². The summed E-state index contributed by atoms with van der Waals surface area (Å²) in [6.07, 6.45) is 6.04. The van der Waals surface area contributed by atoms with Crippen LogP contribution in [0, 0.1) is 28.5 Å². The van der Waals surface area contributed by atoms with Gasteiger partial charge in [0.1, 0.15) is 17.6 Å². The first-order valence-electron chi connectivity index (χ1n) is 14.1. The van der Waals surface area contributed by atoms with E-state index in [0.29, 0.717) is 57.0 Å². The molecule has 8 nitrogen and oxygen atoms in total. The van der Waals surface area contributed by atoms with Gasteiger partial charge in [-0.15, -0.1) is 5.10 Å². The Bertz CT molecular complexity index is 1860. The minimum atomic E-state index is -1.65. The Hall–Kier alpha value is -4.99. The van der Waals surface area contributed by atoms with E-state index in [9.17, 15) is 16.3 Å². The Morgan fingerprint density at radius 3 is 2.57 bits per heavy atom. The van der Waals surface area contributed by atoms with Crippen LogP contribution in [0.25, 0.3) is 10.9 Å². The van der Waals surface area contributed by atoms with Crippen LogP contribution in [0.4, 0.5) is 15.8 Å². The highest BCUT2D eigenvalue weighted by Gasteiger charge is 2.27. The Morgan fingerprint density at radius 2 is 1.86 bits per heavy atom. The van der Waals surface area contributed by atoms with Crippen LogP contribution >= 0.6 is 11.6 Å². The van der Waals surface area contributed by atoms with Gasteiger partial charge in [-0.1, -0.05) is 59.3 Å². The van der Waals surface area contributed by atoms with E-state index in [0.717, 1.165) is 18.4 Å². The molecule has 0 radical (unpaired) electrons. The second-order valence-electron chi connectivity index (χ2n) is 10.1. The summed E-state index contributed by atoms with van der Waals surface area (Å²) in [7, 11) is 0. The summed E-state index contributed by atoms with van der Waals surface area (Å²) in [6, 6.07) is 21.6. The zero-order valence-corrected chi connectivity index (χ0v) is 23.2. The SMILES string of the molecule is [2H][C@@](Nc1cc(Cl)c2ncc(C#N)c(N[C@@H](CCC#N)c3ccccc3)c2c1)(c1ccc(F)cc1)c1cn(C2CC2)nn1. The van der Waals surface area contributed by atoms with Gasteiger partial charge in [-0.25, -0.2) is 9.07 Å². The van der Waals surface area contributed by atoms with E-state index >= 15 is 0 Å². The number of hydrogen-bond acceptors (Lipinski definition) is 7. The van der Waals surface area contributed by atoms with Gasteiger partial charge in [0.25, 0.3) is 0 Å². The van der Waals surface area contributed by atoms with Crippen molar-refractivity contribution >= 4 is 33.9 Å². The number of nitriles is 2. The highest BCUT2D eigenvalue weighted by molar-refractivity contribution is 6.35. The van der Waals surface area contributed by atoms with Crippen molar-refractivity contribution in [3.05, 3.63) is 112 Å². The van der Waals surface area contributed by atoms with Gasteiger partial charge in [-0.3, -0.25) is 4.98 Å². The minimum Gasteiger partial charge on any atom is -0.377 e. The van der Waals surface area contributed by atoms with Crippen LogP contribution in [-0.4, -0.2) is 20.0 Å². The van der Waals surface area contributed by atoms with Crippen molar-refractivity contribution in [1.82, 2.24) is 20.0 Å². The lowest BCUT2D eigenvalue weighted by molar-refractivity contribution is 0.610. The van der Waals surface area contributed by atoms with Crippen molar-refractivity contribution in [2.45, 2.75) is 43.8 Å². The van der Waals surface area contributed by atoms with E-state index in [2.05, 4.69) is 38.1 Å². The molecule has 1 aliphatic carbocycles. The first kappa shape index (κ1) is 25.9. The summed E-state index contributed by atoms with van der Waals surface area (Å²) in [5.41, 5.74) is 3.51. The van der Waals surface area contributed by atoms with Crippen LogP contribution in [0.5, 0.6) is 0 Å². The average molecular weight is 578 g/mol. The van der Waals surface area contributed by atoms with Crippen molar-refractivity contribution in [3.63, 3.8) is 0 Å². The van der Waals surface area contributed by atoms with Crippen molar-refractivity contribution in [2.75, 3.05) is 10.6 Å². The van der Waals surface area contributed by atoms with Gasteiger partial charge in [0.15, 0.2) is 0 Å². The third kappa shape index (κ3) is 5.74. The zero-order chi connectivity index (χ0) is 30.0. The molecule has 6 rings (SSSR count). The Labute approximate surface area is 248 Å². The molecule has 2 N–H and O–H groups in total. The largest absolute Gasteiger partial charge is 0.377 e. The molecule has 1 saturated carbocycles. The van der Waals surface area contributed by atoms with Crippen molar-refractivity contribution in [1.29, 1.82) is 10.5 Å². The third-order valence-corrected chi connectivity index (χ3v) is 7.49. The molecule has 0 bridgehead atoms. The van der Waals surface area contributed by atoms with Gasteiger partial charge < -0.3 is 10.6 Å². The predicted molar refractivity (Wildman–Crippen MR) is 159 cm³/mol. The van der Waals surface area contributed by atoms with E-state index in [1.54, 1.807) is 23.0 Å². The Balaban J connectivity index is 1.45. The number of pyridine rings is 1. The molecule has 3 aromatic carbocycles. The number of nitrogens with zero attached hydrogens (tertiary/aromatic N) is 6. The minimum absolute atomic E-state index is 0.261. The molecule has 5 aromatic rings. The molecule has 208 valence electrons. The molecule has 0 saturated heterocycles. The maximum absolute atomic E-state index is 13.9. The van der Waals surface area contributed by atoms with E-state index in [-0.39, 0.29) is 12.1 Å². The molecular formula is C32H26ClFN8. The van der Waals surface area contributed by atoms with E-state index in [4.69, 9.17) is 11.6 Å². The fourth-order valence-corrected chi connectivity index (χ4v) is 5.18. The smallest absolute Gasteiger partial charge is 0.123 e. The summed E-state index contributed by atoms with van der Waals surface area (Å²) in [4.78, 5) is 4.46. The molecule has 42 heavy (non-hydrogen) atoms. The van der Waals surface area contributed by atoms with Gasteiger partial charge in [0.05, 0.1) is 53.5 Å². The average Bonchev–Trinajstić information content (AvgIpc) is 3.75. The number of aromatic nitrogens is 4. The highest BCUT2D eigenvalue weighted by atomic mass is 35.5. The van der Waals surface area contributed by atoms with Crippen LogP contribution in [0.2, 0.25) is 5.02 Å². The number of benzene rings is 3. The van der Waals surface area contributed by atoms with Crippen molar-refractivity contribution < 1.29 is 5.76 Å². The van der Waals surface area contributed by atoms with E-state index in [1.165, 1.54) is 30.5 Å². The maximum atomic E-state index is 13.9. The van der Waals surface area contributed by atoms with Crippen LogP contribution in [0.1, 0.15) is 67.5 Å². The zero-order valence-electron chi connectivity index (χ0n) is 23.4. The van der Waals surface area contributed by atoms with Gasteiger partial charge in [0.2, 0.25) is 0 Å². The van der Waals surface area contributed by atoms with Crippen LogP contribution in [0.15, 0.2) is 79.1 Å². The van der Waals surface area contributed by atoms with Gasteiger partial charge in [0, 0.05) is 23.7 Å². The normalized spacial score (nSPS) is 15.2. The lowest BCUT2D eigenvalue weighted by atomic mass is 10.00. The summed E-state index contributed by atoms with van der Waals surface area (Å²) >= 11 is 6.76. The molecule has 1 fully saturated rings. The summed E-state index contributed by atoms with van der Waals surface area (Å²) in [6.45, 7) is 0. The number of halogens is 2. The van der Waals surface area contributed by atoms with Crippen molar-refractivity contribution in [2.24, 2.45) is 0 Å². The second-order valence-corrected chi connectivity index (χ2v) is 10.5. The molecule has 0 unspecified atom stereocenters. The molecule has 10 heteroatoms. The maximum Gasteiger partial charge on any atom is 0.123 e. The fraction of sp³-hybridized carbons (Fsp3) is 0.219. The number of hydrogen-bond donors (Lipinski definition) is 2. The van der Waals surface area contributed by atoms with E-state index in [1.807, 2.05) is 30.3 Å². The predicted octanol–water partition coefficient (Wildman–Crippen LogP) is 7.48. The molecule has 0 aliphatic heterocycles. The lowest BCUT2D eigenvalue weighted by Crippen LogP contribution is -2.14. The fourth-order valence-electron chi connectivity index (χ4n) is 4.92. The topological polar surface area (TPSA) is 115 Å². The number of nitrogens with one attached hydrogen (secondary N) is 2. The van der Waals surface area contributed by atoms with Crippen LogP contribution in [0.3, 0.4) is 0 Å². The standard InChI is InChI=1S/C32H26ClFN8/c33-27-16-24(38-31(21-8-10-23(34)11-9-21)29-19-42(41-40-29)25-12-13-25)15-26-30(22(17-36)18-37-32(26)27)39-28(7-4-14-35)20-5-2-1-3-6-20/h1-3,5-6,8-11,15-16,18-19,25,28,31,38H,4,7,12-13H2,(H,37,39)/t28-,31+/m0/s1/i31D. The number of anilines is 2. The van der Waals surface area contributed by atoms with Gasteiger partial charge >= 0.3 is 0 Å². The molecule has 2 aromatic heterocycles. The first-order valence-corrected chi connectivity index (χ1v) is 13.9. The molecule has 1 aliphatic rings. The quantitative estimate of drug-likeness (QED) is 0.177. The van der Waals surface area contributed by atoms with Crippen LogP contribution in [-0.2, 0) is 0 Å². The molecule has 2 atom stereocenters. The van der Waals surface area contributed by atoms with Gasteiger partial charge in [-0.2, -0.15) is 10.5 Å². The first-order chi connectivity index (χ1) is 20.9. The van der Waals surface area contributed by atoms with Crippen molar-refractivity contribution in [3.8, 4) is 12.1 Å². The highest BCUT2D eigenvalue weighted by Crippen LogP contribution is 2.38. The van der Waals surface area contributed by atoms with E-state index < -0.39 is 11.8 Å². The number of rotatable bonds is 10. The summed E-state index contributed by atoms with van der Waals surface area (Å²) < 4.78 is 25.2. The molecule has 2 heterocycles. The number of fused-ring (bicyclic) bond motifs is 1. The molecular weight excluding hydrogens is 551 g/mol. The third-order valence-electron chi connectivity index (χ3n) is 7.20.